The van der Waals surface area contributed by atoms with E-state index in [1.165, 1.54) is 38.5 Å². The number of rotatable bonds is 7. The zero-order valence-corrected chi connectivity index (χ0v) is 8.83. The van der Waals surface area contributed by atoms with E-state index in [9.17, 15) is 0 Å². The molecule has 2 nitrogen and oxygen atoms in total. The molecule has 72 valence electrons. The van der Waals surface area contributed by atoms with Gasteiger partial charge >= 0.3 is 5.11 Å². The van der Waals surface area contributed by atoms with E-state index < -0.39 is 0 Å². The van der Waals surface area contributed by atoms with Crippen molar-refractivity contribution in [3.8, 4) is 0 Å². The number of hydrogen-bond acceptors (Lipinski definition) is 0. The van der Waals surface area contributed by atoms with Crippen molar-refractivity contribution in [2.24, 2.45) is 11.5 Å². The van der Waals surface area contributed by atoms with Gasteiger partial charge in [-0.1, -0.05) is 32.6 Å². The van der Waals surface area contributed by atoms with Crippen LogP contribution >= 0.6 is 0 Å². The highest BCUT2D eigenvalue weighted by atomic mass is 32.1. The molecule has 0 atom stereocenters. The van der Waals surface area contributed by atoms with Crippen LogP contribution in [0.1, 0.15) is 45.4 Å². The van der Waals surface area contributed by atoms with Gasteiger partial charge in [0.2, 0.25) is 11.4 Å². The normalized spacial score (nSPS) is 9.92. The first-order chi connectivity index (χ1) is 5.77. The minimum atomic E-state index is 0.503. The highest BCUT2D eigenvalue weighted by Gasteiger charge is 1.98. The molecule has 0 bridgehead atoms. The lowest BCUT2D eigenvalue weighted by atomic mass is 10.1. The van der Waals surface area contributed by atoms with Crippen LogP contribution in [-0.4, -0.2) is 10.9 Å². The molecule has 0 aliphatic carbocycles. The van der Waals surface area contributed by atoms with Crippen molar-refractivity contribution < 1.29 is 0 Å². The molecule has 0 aliphatic heterocycles. The monoisotopic (exact) mass is 189 g/mol. The van der Waals surface area contributed by atoms with E-state index >= 15 is 0 Å². The third-order valence-electron chi connectivity index (χ3n) is 1.77. The summed E-state index contributed by atoms with van der Waals surface area (Å²) in [4.78, 5) is 0. The van der Waals surface area contributed by atoms with Crippen molar-refractivity contribution in [2.75, 3.05) is 5.75 Å². The highest BCUT2D eigenvalue weighted by molar-refractivity contribution is 7.78. The molecule has 0 saturated carbocycles. The van der Waals surface area contributed by atoms with Gasteiger partial charge in [-0.2, -0.15) is 0 Å². The Labute approximate surface area is 79.7 Å². The molecule has 0 amide bonds. The van der Waals surface area contributed by atoms with Crippen molar-refractivity contribution in [1.29, 1.82) is 0 Å². The third kappa shape index (κ3) is 10.0. The Kier molecular flexibility index (Phi) is 9.11. The van der Waals surface area contributed by atoms with E-state index in [0.717, 1.165) is 5.75 Å². The van der Waals surface area contributed by atoms with Crippen LogP contribution in [0.25, 0.3) is 0 Å². The summed E-state index contributed by atoms with van der Waals surface area (Å²) in [5, 5.41) is 0.503. The first kappa shape index (κ1) is 12.0. The molecule has 0 rings (SSSR count). The van der Waals surface area contributed by atoms with E-state index in [2.05, 4.69) is 6.92 Å². The standard InChI is InChI=1S/C9H21N2S/c1-2-3-4-5-6-7-8-12-9(10)11/h2-8,10-11H2,1H3/q+1. The van der Waals surface area contributed by atoms with Gasteiger partial charge in [-0.05, 0) is 6.42 Å². The summed E-state index contributed by atoms with van der Waals surface area (Å²) in [6, 6.07) is 0. The molecule has 0 unspecified atom stereocenters. The molecular weight excluding hydrogens is 168 g/mol. The summed E-state index contributed by atoms with van der Waals surface area (Å²) in [7, 11) is 0. The fourth-order valence-electron chi connectivity index (χ4n) is 1.07. The van der Waals surface area contributed by atoms with Crippen LogP contribution in [0.15, 0.2) is 0 Å². The quantitative estimate of drug-likeness (QED) is 0.362. The summed E-state index contributed by atoms with van der Waals surface area (Å²) in [6.07, 6.45) is 7.99. The molecular formula is C9H21N2S+. The molecule has 0 heterocycles. The Morgan fingerprint density at radius 3 is 2.17 bits per heavy atom. The SMILES string of the molecule is CCCCCCCC[S+]=C(N)N. The van der Waals surface area contributed by atoms with Crippen LogP contribution in [0.4, 0.5) is 0 Å². The van der Waals surface area contributed by atoms with Gasteiger partial charge < -0.3 is 0 Å². The van der Waals surface area contributed by atoms with Crippen molar-refractivity contribution in [2.45, 2.75) is 45.4 Å². The molecule has 3 heteroatoms. The lowest BCUT2D eigenvalue weighted by Crippen LogP contribution is -2.24. The first-order valence-electron chi connectivity index (χ1n) is 4.78. The Bertz CT molecular complexity index is 120. The largest absolute Gasteiger partial charge is 0.314 e. The van der Waals surface area contributed by atoms with E-state index in [0.29, 0.717) is 5.11 Å². The van der Waals surface area contributed by atoms with Crippen LogP contribution < -0.4 is 11.5 Å². The molecule has 0 aromatic rings. The lowest BCUT2D eigenvalue weighted by Gasteiger charge is -1.94. The highest BCUT2D eigenvalue weighted by Crippen LogP contribution is 2.04. The van der Waals surface area contributed by atoms with Gasteiger partial charge in [0, 0.05) is 6.42 Å². The average Bonchev–Trinajstić information content (AvgIpc) is 2.02. The van der Waals surface area contributed by atoms with E-state index in [-0.39, 0.29) is 0 Å². The molecule has 0 radical (unpaired) electrons. The predicted octanol–water partition coefficient (Wildman–Crippen LogP) is 1.43. The van der Waals surface area contributed by atoms with Crippen LogP contribution in [-0.2, 0) is 11.4 Å². The Morgan fingerprint density at radius 1 is 1.00 bits per heavy atom. The smallest absolute Gasteiger partial charge is 0.243 e. The molecule has 0 aliphatic rings. The lowest BCUT2D eigenvalue weighted by molar-refractivity contribution is 0.627. The van der Waals surface area contributed by atoms with Crippen molar-refractivity contribution in [1.82, 2.24) is 0 Å². The van der Waals surface area contributed by atoms with Crippen LogP contribution in [0, 0.1) is 0 Å². The third-order valence-corrected chi connectivity index (χ3v) is 2.59. The zero-order chi connectivity index (χ0) is 9.23. The molecule has 0 spiro atoms. The van der Waals surface area contributed by atoms with Crippen LogP contribution in [0.3, 0.4) is 0 Å². The van der Waals surface area contributed by atoms with Gasteiger partial charge in [0.1, 0.15) is 0 Å². The van der Waals surface area contributed by atoms with E-state index in [4.69, 9.17) is 11.5 Å². The van der Waals surface area contributed by atoms with Gasteiger partial charge in [-0.3, -0.25) is 0 Å². The summed E-state index contributed by atoms with van der Waals surface area (Å²) >= 11 is 1.57. The van der Waals surface area contributed by atoms with Crippen LogP contribution in [0.5, 0.6) is 0 Å². The maximum atomic E-state index is 5.31. The van der Waals surface area contributed by atoms with E-state index in [1.54, 1.807) is 11.4 Å². The number of hydrogen-bond donors (Lipinski definition) is 2. The Hall–Kier alpha value is 0.0100. The first-order valence-corrected chi connectivity index (χ1v) is 5.76. The fourth-order valence-corrected chi connectivity index (χ4v) is 1.66. The van der Waals surface area contributed by atoms with Crippen LogP contribution in [0.2, 0.25) is 0 Å². The minimum absolute atomic E-state index is 0.503. The van der Waals surface area contributed by atoms with Crippen molar-refractivity contribution in [3.05, 3.63) is 0 Å². The number of nitrogens with two attached hydrogens (primary N) is 2. The van der Waals surface area contributed by atoms with Gasteiger partial charge in [0.25, 0.3) is 0 Å². The summed E-state index contributed by atoms with van der Waals surface area (Å²) in [6.45, 7) is 2.24. The maximum absolute atomic E-state index is 5.31. The van der Waals surface area contributed by atoms with Gasteiger partial charge in [-0.15, -0.1) is 0 Å². The molecule has 0 saturated heterocycles. The maximum Gasteiger partial charge on any atom is 0.314 e. The summed E-state index contributed by atoms with van der Waals surface area (Å²) in [5.74, 6) is 1.08. The molecule has 0 fully saturated rings. The molecule has 0 aromatic carbocycles. The molecule has 12 heavy (non-hydrogen) atoms. The second-order valence-corrected chi connectivity index (χ2v) is 4.19. The van der Waals surface area contributed by atoms with Gasteiger partial charge in [0.05, 0.1) is 0 Å². The Balaban J connectivity index is 2.96. The number of unbranched alkanes of at least 4 members (excludes halogenated alkanes) is 5. The average molecular weight is 189 g/mol. The molecule has 4 N–H and O–H groups in total. The summed E-state index contributed by atoms with van der Waals surface area (Å²) < 4.78 is 0. The fraction of sp³-hybridized carbons (Fsp3) is 0.889. The molecule has 0 aromatic heterocycles. The Morgan fingerprint density at radius 2 is 1.58 bits per heavy atom. The minimum Gasteiger partial charge on any atom is -0.243 e. The van der Waals surface area contributed by atoms with Gasteiger partial charge in [0.15, 0.2) is 5.75 Å². The predicted molar refractivity (Wildman–Crippen MR) is 59.0 cm³/mol. The van der Waals surface area contributed by atoms with Crippen molar-refractivity contribution >= 4 is 16.5 Å². The van der Waals surface area contributed by atoms with Crippen molar-refractivity contribution in [3.63, 3.8) is 0 Å². The second kappa shape index (κ2) is 9.10. The summed E-state index contributed by atoms with van der Waals surface area (Å²) in [5.41, 5.74) is 10.6. The second-order valence-electron chi connectivity index (χ2n) is 3.02. The topological polar surface area (TPSA) is 52.0 Å². The zero-order valence-electron chi connectivity index (χ0n) is 8.01. The van der Waals surface area contributed by atoms with E-state index in [1.807, 2.05) is 0 Å². The van der Waals surface area contributed by atoms with Gasteiger partial charge in [-0.25, -0.2) is 11.5 Å².